The SMILES string of the molecule is Cc1ccc(Oc2ccc(NC(=O)C3CC3)cn2)cc1. The van der Waals surface area contributed by atoms with Gasteiger partial charge in [0, 0.05) is 12.0 Å². The topological polar surface area (TPSA) is 51.2 Å². The van der Waals surface area contributed by atoms with E-state index in [9.17, 15) is 4.79 Å². The van der Waals surface area contributed by atoms with Gasteiger partial charge in [-0.25, -0.2) is 4.98 Å². The van der Waals surface area contributed by atoms with Crippen molar-refractivity contribution in [1.82, 2.24) is 4.98 Å². The Balaban J connectivity index is 1.63. The van der Waals surface area contributed by atoms with Crippen molar-refractivity contribution in [2.45, 2.75) is 19.8 Å². The Morgan fingerprint density at radius 1 is 1.20 bits per heavy atom. The summed E-state index contributed by atoms with van der Waals surface area (Å²) in [6.45, 7) is 2.03. The monoisotopic (exact) mass is 268 g/mol. The summed E-state index contributed by atoms with van der Waals surface area (Å²) in [7, 11) is 0. The van der Waals surface area contributed by atoms with Gasteiger partial charge >= 0.3 is 0 Å². The van der Waals surface area contributed by atoms with Crippen LogP contribution in [0.1, 0.15) is 18.4 Å². The lowest BCUT2D eigenvalue weighted by Gasteiger charge is -2.07. The standard InChI is InChI=1S/C16H16N2O2/c1-11-2-7-14(8-3-11)20-15-9-6-13(10-17-15)18-16(19)12-4-5-12/h2-3,6-10,12H,4-5H2,1H3,(H,18,19). The predicted octanol–water partition coefficient (Wildman–Crippen LogP) is 3.53. The van der Waals surface area contributed by atoms with E-state index < -0.39 is 0 Å². The van der Waals surface area contributed by atoms with Crippen LogP contribution in [0.3, 0.4) is 0 Å². The highest BCUT2D eigenvalue weighted by atomic mass is 16.5. The summed E-state index contributed by atoms with van der Waals surface area (Å²) in [6, 6.07) is 11.3. The minimum atomic E-state index is 0.0824. The number of hydrogen-bond donors (Lipinski definition) is 1. The number of aryl methyl sites for hydroxylation is 1. The lowest BCUT2D eigenvalue weighted by Crippen LogP contribution is -2.13. The first-order valence-electron chi connectivity index (χ1n) is 6.72. The first-order chi connectivity index (χ1) is 9.70. The van der Waals surface area contributed by atoms with E-state index in [4.69, 9.17) is 4.74 Å². The van der Waals surface area contributed by atoms with Gasteiger partial charge in [-0.2, -0.15) is 0 Å². The van der Waals surface area contributed by atoms with E-state index in [0.29, 0.717) is 11.6 Å². The second-order valence-corrected chi connectivity index (χ2v) is 5.06. The molecule has 102 valence electrons. The number of carbonyl (C=O) groups is 1. The second-order valence-electron chi connectivity index (χ2n) is 5.06. The van der Waals surface area contributed by atoms with Crippen LogP contribution in [0.2, 0.25) is 0 Å². The Morgan fingerprint density at radius 3 is 2.55 bits per heavy atom. The Labute approximate surface area is 117 Å². The third-order valence-electron chi connectivity index (χ3n) is 3.20. The normalized spacial score (nSPS) is 13.8. The van der Waals surface area contributed by atoms with Crippen LogP contribution in [0.25, 0.3) is 0 Å². The Bertz CT molecular complexity index is 601. The number of nitrogens with one attached hydrogen (secondary N) is 1. The van der Waals surface area contributed by atoms with Crippen LogP contribution in [0, 0.1) is 12.8 Å². The van der Waals surface area contributed by atoms with Crippen molar-refractivity contribution >= 4 is 11.6 Å². The number of pyridine rings is 1. The molecule has 0 unspecified atom stereocenters. The third-order valence-corrected chi connectivity index (χ3v) is 3.20. The average Bonchev–Trinajstić information content (AvgIpc) is 3.28. The van der Waals surface area contributed by atoms with Crippen LogP contribution in [-0.4, -0.2) is 10.9 Å². The molecule has 0 bridgehead atoms. The number of hydrogen-bond acceptors (Lipinski definition) is 3. The highest BCUT2D eigenvalue weighted by Gasteiger charge is 2.29. The second kappa shape index (κ2) is 5.33. The van der Waals surface area contributed by atoms with Crippen LogP contribution in [0.4, 0.5) is 5.69 Å². The van der Waals surface area contributed by atoms with Crippen LogP contribution in [0.15, 0.2) is 42.6 Å². The summed E-state index contributed by atoms with van der Waals surface area (Å²) in [5.41, 5.74) is 1.89. The fraction of sp³-hybridized carbons (Fsp3) is 0.250. The summed E-state index contributed by atoms with van der Waals surface area (Å²) < 4.78 is 5.63. The first kappa shape index (κ1) is 12.7. The molecule has 0 saturated heterocycles. The molecular weight excluding hydrogens is 252 g/mol. The van der Waals surface area contributed by atoms with Crippen molar-refractivity contribution in [3.8, 4) is 11.6 Å². The van der Waals surface area contributed by atoms with Crippen molar-refractivity contribution in [2.24, 2.45) is 5.92 Å². The summed E-state index contributed by atoms with van der Waals surface area (Å²) in [6.07, 6.45) is 3.60. The molecule has 4 heteroatoms. The Hall–Kier alpha value is -2.36. The number of nitrogens with zero attached hydrogens (tertiary/aromatic N) is 1. The Morgan fingerprint density at radius 2 is 1.95 bits per heavy atom. The Kier molecular flexibility index (Phi) is 3.37. The van der Waals surface area contributed by atoms with Gasteiger partial charge in [0.15, 0.2) is 0 Å². The number of aromatic nitrogens is 1. The van der Waals surface area contributed by atoms with E-state index in [0.717, 1.165) is 18.6 Å². The summed E-state index contributed by atoms with van der Waals surface area (Å²) >= 11 is 0. The van der Waals surface area contributed by atoms with Crippen molar-refractivity contribution in [3.05, 3.63) is 48.2 Å². The smallest absolute Gasteiger partial charge is 0.227 e. The number of rotatable bonds is 4. The van der Waals surface area contributed by atoms with E-state index >= 15 is 0 Å². The fourth-order valence-electron chi connectivity index (χ4n) is 1.83. The maximum Gasteiger partial charge on any atom is 0.227 e. The van der Waals surface area contributed by atoms with Gasteiger partial charge in [0.05, 0.1) is 11.9 Å². The maximum absolute atomic E-state index is 11.6. The minimum absolute atomic E-state index is 0.0824. The van der Waals surface area contributed by atoms with Gasteiger partial charge in [0.2, 0.25) is 11.8 Å². The molecule has 1 aliphatic rings. The summed E-state index contributed by atoms with van der Waals surface area (Å²) in [5, 5.41) is 2.85. The number of anilines is 1. The van der Waals surface area contributed by atoms with Gasteiger partial charge in [-0.05, 0) is 38.0 Å². The highest BCUT2D eigenvalue weighted by molar-refractivity contribution is 5.93. The third kappa shape index (κ3) is 3.15. The zero-order valence-electron chi connectivity index (χ0n) is 11.3. The first-order valence-corrected chi connectivity index (χ1v) is 6.72. The van der Waals surface area contributed by atoms with E-state index in [2.05, 4.69) is 10.3 Å². The minimum Gasteiger partial charge on any atom is -0.439 e. The van der Waals surface area contributed by atoms with Gasteiger partial charge in [-0.1, -0.05) is 17.7 Å². The molecule has 0 spiro atoms. The molecule has 20 heavy (non-hydrogen) atoms. The maximum atomic E-state index is 11.6. The quantitative estimate of drug-likeness (QED) is 0.922. The average molecular weight is 268 g/mol. The van der Waals surface area contributed by atoms with Crippen LogP contribution < -0.4 is 10.1 Å². The molecule has 2 aromatic rings. The molecule has 0 atom stereocenters. The van der Waals surface area contributed by atoms with E-state index in [1.807, 2.05) is 31.2 Å². The molecule has 1 amide bonds. The number of amides is 1. The highest BCUT2D eigenvalue weighted by Crippen LogP contribution is 2.30. The number of ether oxygens (including phenoxy) is 1. The molecular formula is C16H16N2O2. The molecule has 4 nitrogen and oxygen atoms in total. The lowest BCUT2D eigenvalue weighted by atomic mass is 10.2. The number of benzene rings is 1. The van der Waals surface area contributed by atoms with Crippen LogP contribution >= 0.6 is 0 Å². The van der Waals surface area contributed by atoms with Gasteiger partial charge in [0.1, 0.15) is 5.75 Å². The zero-order valence-corrected chi connectivity index (χ0v) is 11.3. The summed E-state index contributed by atoms with van der Waals surface area (Å²) in [4.78, 5) is 15.8. The van der Waals surface area contributed by atoms with Crippen LogP contribution in [0.5, 0.6) is 11.6 Å². The van der Waals surface area contributed by atoms with Gasteiger partial charge in [-0.3, -0.25) is 4.79 Å². The molecule has 1 aromatic carbocycles. The molecule has 0 aliphatic heterocycles. The van der Waals surface area contributed by atoms with Crippen LogP contribution in [-0.2, 0) is 4.79 Å². The van der Waals surface area contributed by atoms with Gasteiger partial charge in [0.25, 0.3) is 0 Å². The zero-order chi connectivity index (χ0) is 13.9. The molecule has 1 fully saturated rings. The largest absolute Gasteiger partial charge is 0.439 e. The molecule has 1 heterocycles. The summed E-state index contributed by atoms with van der Waals surface area (Å²) in [5.74, 6) is 1.54. The molecule has 0 radical (unpaired) electrons. The van der Waals surface area contributed by atoms with E-state index in [1.165, 1.54) is 5.56 Å². The molecule has 3 rings (SSSR count). The molecule has 1 saturated carbocycles. The number of carbonyl (C=O) groups excluding carboxylic acids is 1. The van der Waals surface area contributed by atoms with Gasteiger partial charge in [-0.15, -0.1) is 0 Å². The van der Waals surface area contributed by atoms with E-state index in [1.54, 1.807) is 18.3 Å². The van der Waals surface area contributed by atoms with Crippen molar-refractivity contribution in [3.63, 3.8) is 0 Å². The predicted molar refractivity (Wildman–Crippen MR) is 76.8 cm³/mol. The molecule has 1 N–H and O–H groups in total. The lowest BCUT2D eigenvalue weighted by molar-refractivity contribution is -0.117. The molecule has 1 aliphatic carbocycles. The molecule has 1 aromatic heterocycles. The van der Waals surface area contributed by atoms with Crippen molar-refractivity contribution in [2.75, 3.05) is 5.32 Å². The van der Waals surface area contributed by atoms with E-state index in [-0.39, 0.29) is 11.8 Å². The van der Waals surface area contributed by atoms with Crippen molar-refractivity contribution < 1.29 is 9.53 Å². The van der Waals surface area contributed by atoms with Crippen molar-refractivity contribution in [1.29, 1.82) is 0 Å². The fourth-order valence-corrected chi connectivity index (χ4v) is 1.83. The van der Waals surface area contributed by atoms with Gasteiger partial charge < -0.3 is 10.1 Å².